The molecule has 0 aliphatic carbocycles. The van der Waals surface area contributed by atoms with Crippen LogP contribution in [0.2, 0.25) is 0 Å². The van der Waals surface area contributed by atoms with Crippen LogP contribution in [-0.2, 0) is 13.6 Å². The summed E-state index contributed by atoms with van der Waals surface area (Å²) in [6.45, 7) is 5.95. The van der Waals surface area contributed by atoms with Crippen LogP contribution in [0.25, 0.3) is 0 Å². The maximum absolute atomic E-state index is 10.4. The van der Waals surface area contributed by atoms with Gasteiger partial charge in [0.15, 0.2) is 5.96 Å². The minimum absolute atomic E-state index is 0. The van der Waals surface area contributed by atoms with Gasteiger partial charge < -0.3 is 19.9 Å². The molecule has 0 aliphatic heterocycles. The Labute approximate surface area is 167 Å². The van der Waals surface area contributed by atoms with Crippen molar-refractivity contribution < 1.29 is 5.11 Å². The summed E-state index contributed by atoms with van der Waals surface area (Å²) >= 11 is 0. The van der Waals surface area contributed by atoms with E-state index in [0.29, 0.717) is 6.54 Å². The average Bonchev–Trinajstić information content (AvgIpc) is 2.96. The average molecular weight is 456 g/mol. The first-order valence-electron chi connectivity index (χ1n) is 8.35. The van der Waals surface area contributed by atoms with E-state index in [4.69, 9.17) is 0 Å². The number of aliphatic hydroxyl groups is 1. The molecule has 1 aromatic heterocycles. The van der Waals surface area contributed by atoms with Gasteiger partial charge in [0.1, 0.15) is 0 Å². The Morgan fingerprint density at radius 2 is 2.08 bits per heavy atom. The third-order valence-corrected chi connectivity index (χ3v) is 3.99. The molecule has 0 saturated carbocycles. The second kappa shape index (κ2) is 10.5. The normalized spacial score (nSPS) is 12.4. The van der Waals surface area contributed by atoms with E-state index in [9.17, 15) is 5.11 Å². The molecule has 0 aliphatic rings. The number of rotatable bonds is 6. The van der Waals surface area contributed by atoms with Crippen molar-refractivity contribution in [1.82, 2.24) is 14.8 Å². The molecule has 1 aromatic carbocycles. The predicted molar refractivity (Wildman–Crippen MR) is 114 cm³/mol. The summed E-state index contributed by atoms with van der Waals surface area (Å²) in [5, 5.41) is 13.7. The lowest BCUT2D eigenvalue weighted by Gasteiger charge is -2.23. The highest BCUT2D eigenvalue weighted by molar-refractivity contribution is 14.0. The van der Waals surface area contributed by atoms with Gasteiger partial charge in [-0.15, -0.1) is 24.0 Å². The molecule has 0 bridgehead atoms. The van der Waals surface area contributed by atoms with E-state index < -0.39 is 6.10 Å². The van der Waals surface area contributed by atoms with E-state index in [0.717, 1.165) is 30.2 Å². The van der Waals surface area contributed by atoms with Gasteiger partial charge in [-0.3, -0.25) is 4.99 Å². The molecule has 2 N–H and O–H groups in total. The Morgan fingerprint density at radius 1 is 1.32 bits per heavy atom. The fourth-order valence-electron chi connectivity index (χ4n) is 2.60. The van der Waals surface area contributed by atoms with Crippen LogP contribution in [0.3, 0.4) is 0 Å². The maximum atomic E-state index is 10.4. The number of hydrogen-bond acceptors (Lipinski definition) is 2. The zero-order valence-corrected chi connectivity index (χ0v) is 17.8. The zero-order valence-electron chi connectivity index (χ0n) is 15.4. The van der Waals surface area contributed by atoms with Gasteiger partial charge >= 0.3 is 0 Å². The number of aliphatic hydroxyl groups excluding tert-OH is 1. The molecular formula is C19H29IN4O. The second-order valence-corrected chi connectivity index (χ2v) is 6.09. The topological polar surface area (TPSA) is 52.8 Å². The van der Waals surface area contributed by atoms with Crippen LogP contribution >= 0.6 is 24.0 Å². The number of hydrogen-bond donors (Lipinski definition) is 2. The molecule has 0 fully saturated rings. The molecule has 2 aromatic rings. The number of aliphatic imine (C=N–C) groups is 1. The zero-order chi connectivity index (χ0) is 17.5. The Balaban J connectivity index is 0.00000312. The number of nitrogens with one attached hydrogen (secondary N) is 1. The Kier molecular flexibility index (Phi) is 8.99. The highest BCUT2D eigenvalue weighted by atomic mass is 127. The minimum Gasteiger partial charge on any atom is -0.386 e. The van der Waals surface area contributed by atoms with Gasteiger partial charge in [-0.1, -0.05) is 29.8 Å². The van der Waals surface area contributed by atoms with Crippen LogP contribution in [0.4, 0.5) is 0 Å². The van der Waals surface area contributed by atoms with E-state index in [1.165, 1.54) is 5.69 Å². The number of benzene rings is 1. The largest absolute Gasteiger partial charge is 0.386 e. The lowest BCUT2D eigenvalue weighted by Crippen LogP contribution is -2.39. The van der Waals surface area contributed by atoms with Gasteiger partial charge in [0, 0.05) is 32.5 Å². The van der Waals surface area contributed by atoms with Crippen molar-refractivity contribution in [3.05, 3.63) is 59.4 Å². The molecule has 5 nitrogen and oxygen atoms in total. The van der Waals surface area contributed by atoms with Gasteiger partial charge in [0.05, 0.1) is 19.2 Å². The Morgan fingerprint density at radius 3 is 2.68 bits per heavy atom. The van der Waals surface area contributed by atoms with Crippen LogP contribution in [0.1, 0.15) is 29.8 Å². The fourth-order valence-corrected chi connectivity index (χ4v) is 2.60. The Hall–Kier alpha value is -1.54. The van der Waals surface area contributed by atoms with E-state index in [2.05, 4.69) is 25.8 Å². The lowest BCUT2D eigenvalue weighted by molar-refractivity contribution is 0.186. The number of aryl methyl sites for hydroxylation is 2. The van der Waals surface area contributed by atoms with Crippen LogP contribution in [0, 0.1) is 6.92 Å². The molecule has 6 heteroatoms. The molecule has 138 valence electrons. The molecule has 25 heavy (non-hydrogen) atoms. The van der Waals surface area contributed by atoms with Crippen molar-refractivity contribution in [3.8, 4) is 0 Å². The molecule has 0 amide bonds. The van der Waals surface area contributed by atoms with Crippen molar-refractivity contribution in [2.24, 2.45) is 12.0 Å². The molecule has 0 spiro atoms. The van der Waals surface area contributed by atoms with E-state index in [1.54, 1.807) is 0 Å². The van der Waals surface area contributed by atoms with Crippen molar-refractivity contribution in [2.45, 2.75) is 26.5 Å². The van der Waals surface area contributed by atoms with E-state index >= 15 is 0 Å². The fraction of sp³-hybridized carbons (Fsp3) is 0.421. The van der Waals surface area contributed by atoms with Crippen molar-refractivity contribution in [3.63, 3.8) is 0 Å². The third kappa shape index (κ3) is 6.36. The number of guanidine groups is 1. The van der Waals surface area contributed by atoms with Crippen LogP contribution < -0.4 is 5.32 Å². The molecule has 0 radical (unpaired) electrons. The van der Waals surface area contributed by atoms with Gasteiger partial charge in [-0.2, -0.15) is 0 Å². The molecule has 1 atom stereocenters. The first-order chi connectivity index (χ1) is 11.5. The van der Waals surface area contributed by atoms with Crippen molar-refractivity contribution in [2.75, 3.05) is 20.1 Å². The van der Waals surface area contributed by atoms with Gasteiger partial charge in [0.25, 0.3) is 0 Å². The number of aromatic nitrogens is 1. The summed E-state index contributed by atoms with van der Waals surface area (Å²) < 4.78 is 2.10. The summed E-state index contributed by atoms with van der Waals surface area (Å²) in [7, 11) is 4.04. The van der Waals surface area contributed by atoms with E-state index in [1.807, 2.05) is 64.5 Å². The van der Waals surface area contributed by atoms with E-state index in [-0.39, 0.29) is 24.0 Å². The standard InChI is InChI=1S/C19H28N4O.HI/c1-5-20-19(23(4)14-17-10-7-11-22(17)3)21-13-18(24)16-9-6-8-15(2)12-16;/h6-12,18,24H,5,13-14H2,1-4H3,(H,20,21);1H. The smallest absolute Gasteiger partial charge is 0.194 e. The van der Waals surface area contributed by atoms with Gasteiger partial charge in [-0.05, 0) is 31.5 Å². The summed E-state index contributed by atoms with van der Waals surface area (Å²) in [5.41, 5.74) is 3.25. The lowest BCUT2D eigenvalue weighted by atomic mass is 10.1. The summed E-state index contributed by atoms with van der Waals surface area (Å²) in [5.74, 6) is 0.797. The van der Waals surface area contributed by atoms with Crippen LogP contribution in [0.15, 0.2) is 47.6 Å². The highest BCUT2D eigenvalue weighted by Gasteiger charge is 2.11. The molecular weight excluding hydrogens is 427 g/mol. The number of nitrogens with zero attached hydrogens (tertiary/aromatic N) is 3. The monoisotopic (exact) mass is 456 g/mol. The summed E-state index contributed by atoms with van der Waals surface area (Å²) in [4.78, 5) is 6.67. The summed E-state index contributed by atoms with van der Waals surface area (Å²) in [6.07, 6.45) is 1.44. The first-order valence-corrected chi connectivity index (χ1v) is 8.35. The summed E-state index contributed by atoms with van der Waals surface area (Å²) in [6, 6.07) is 12.1. The first kappa shape index (κ1) is 21.5. The predicted octanol–water partition coefficient (Wildman–Crippen LogP) is 3.08. The van der Waals surface area contributed by atoms with Crippen LogP contribution in [0.5, 0.6) is 0 Å². The second-order valence-electron chi connectivity index (χ2n) is 6.09. The molecule has 1 heterocycles. The molecule has 2 rings (SSSR count). The molecule has 0 saturated heterocycles. The quantitative estimate of drug-likeness (QED) is 0.399. The minimum atomic E-state index is -0.595. The van der Waals surface area contributed by atoms with Crippen LogP contribution in [-0.4, -0.2) is 40.7 Å². The SMILES string of the molecule is CCNC(=NCC(O)c1cccc(C)c1)N(C)Cc1cccn1C.I. The number of halogens is 1. The third-order valence-electron chi connectivity index (χ3n) is 3.99. The van der Waals surface area contributed by atoms with Gasteiger partial charge in [-0.25, -0.2) is 0 Å². The van der Waals surface area contributed by atoms with Crippen molar-refractivity contribution >= 4 is 29.9 Å². The maximum Gasteiger partial charge on any atom is 0.194 e. The van der Waals surface area contributed by atoms with Gasteiger partial charge in [0.2, 0.25) is 0 Å². The Bertz CT molecular complexity index is 684. The molecule has 1 unspecified atom stereocenters. The highest BCUT2D eigenvalue weighted by Crippen LogP contribution is 2.14. The van der Waals surface area contributed by atoms with Crippen molar-refractivity contribution in [1.29, 1.82) is 0 Å².